The van der Waals surface area contributed by atoms with Crippen molar-refractivity contribution in [1.29, 1.82) is 0 Å². The van der Waals surface area contributed by atoms with E-state index in [1.807, 2.05) is 12.4 Å². The molecule has 0 saturated carbocycles. The fourth-order valence-corrected chi connectivity index (χ4v) is 2.03. The Kier molecular flexibility index (Phi) is 4.12. The lowest BCUT2D eigenvalue weighted by Crippen LogP contribution is -2.41. The van der Waals surface area contributed by atoms with Gasteiger partial charge >= 0.3 is 7.12 Å². The summed E-state index contributed by atoms with van der Waals surface area (Å²) in [4.78, 5) is 4.29. The second kappa shape index (κ2) is 5.37. The summed E-state index contributed by atoms with van der Waals surface area (Å²) in [7, 11) is -0.355. The van der Waals surface area contributed by atoms with Crippen molar-refractivity contribution in [2.24, 2.45) is 0 Å². The van der Waals surface area contributed by atoms with Crippen LogP contribution < -0.4 is 10.8 Å². The highest BCUT2D eigenvalue weighted by molar-refractivity contribution is 6.62. The summed E-state index contributed by atoms with van der Waals surface area (Å²) in [5, 5.41) is 3.42. The first-order chi connectivity index (χ1) is 9.25. The summed E-state index contributed by atoms with van der Waals surface area (Å²) in [6.07, 6.45) is 4.71. The zero-order chi connectivity index (χ0) is 15.0. The molecule has 1 aromatic rings. The molecule has 0 aliphatic carbocycles. The van der Waals surface area contributed by atoms with E-state index >= 15 is 0 Å². The van der Waals surface area contributed by atoms with Gasteiger partial charge in [-0.2, -0.15) is 0 Å². The lowest BCUT2D eigenvalue weighted by molar-refractivity contribution is 0.00578. The molecule has 20 heavy (non-hydrogen) atoms. The smallest absolute Gasteiger partial charge is 0.399 e. The summed E-state index contributed by atoms with van der Waals surface area (Å²) in [6.45, 7) is 12.5. The molecule has 0 radical (unpaired) electrons. The number of pyridine rings is 1. The van der Waals surface area contributed by atoms with Crippen LogP contribution in [0.1, 0.15) is 48.0 Å². The Bertz CT molecular complexity index is 461. The molecule has 1 N–H and O–H groups in total. The second-order valence-electron chi connectivity index (χ2n) is 6.55. The van der Waals surface area contributed by atoms with Gasteiger partial charge < -0.3 is 14.6 Å². The van der Waals surface area contributed by atoms with E-state index in [9.17, 15) is 0 Å². The van der Waals surface area contributed by atoms with Gasteiger partial charge in [-0.3, -0.25) is 4.98 Å². The number of hydrogen-bond acceptors (Lipinski definition) is 4. The van der Waals surface area contributed by atoms with E-state index in [1.165, 1.54) is 0 Å². The molecule has 1 aliphatic heterocycles. The van der Waals surface area contributed by atoms with Crippen LogP contribution in [0.5, 0.6) is 0 Å². The van der Waals surface area contributed by atoms with Gasteiger partial charge in [0.05, 0.1) is 16.9 Å². The van der Waals surface area contributed by atoms with E-state index in [4.69, 9.17) is 9.31 Å². The maximum Gasteiger partial charge on any atom is 0.496 e. The van der Waals surface area contributed by atoms with Crippen LogP contribution in [0, 0.1) is 0 Å². The molecule has 1 fully saturated rings. The molecule has 0 amide bonds. The van der Waals surface area contributed by atoms with Crippen LogP contribution in [-0.4, -0.2) is 29.3 Å². The molecule has 5 heteroatoms. The summed E-state index contributed by atoms with van der Waals surface area (Å²) < 4.78 is 12.1. The van der Waals surface area contributed by atoms with Crippen LogP contribution in [0.3, 0.4) is 0 Å². The third-order valence-electron chi connectivity index (χ3n) is 4.31. The Morgan fingerprint density at radius 1 is 1.20 bits per heavy atom. The maximum atomic E-state index is 6.05. The van der Waals surface area contributed by atoms with Crippen molar-refractivity contribution in [2.75, 3.05) is 5.32 Å². The third kappa shape index (κ3) is 2.99. The van der Waals surface area contributed by atoms with Crippen LogP contribution in [0.25, 0.3) is 0 Å². The van der Waals surface area contributed by atoms with Crippen LogP contribution in [0.2, 0.25) is 0 Å². The lowest BCUT2D eigenvalue weighted by Gasteiger charge is -2.32. The van der Waals surface area contributed by atoms with Crippen molar-refractivity contribution in [3.05, 3.63) is 18.5 Å². The number of nitrogens with zero attached hydrogens (tertiary/aromatic N) is 1. The SMILES string of the molecule is CCC(C)Nc1cncc(B2OC(C)(C)C(C)(C)O2)c1. The first-order valence-electron chi connectivity index (χ1n) is 7.32. The van der Waals surface area contributed by atoms with Crippen LogP contribution >= 0.6 is 0 Å². The molecule has 1 aromatic heterocycles. The van der Waals surface area contributed by atoms with Gasteiger partial charge in [-0.1, -0.05) is 6.92 Å². The average molecular weight is 276 g/mol. The largest absolute Gasteiger partial charge is 0.496 e. The molecule has 1 aliphatic rings. The molecule has 1 unspecified atom stereocenters. The van der Waals surface area contributed by atoms with Gasteiger partial charge in [0.1, 0.15) is 0 Å². The van der Waals surface area contributed by atoms with E-state index in [0.717, 1.165) is 17.6 Å². The Morgan fingerprint density at radius 3 is 2.35 bits per heavy atom. The number of rotatable bonds is 4. The number of anilines is 1. The predicted molar refractivity (Wildman–Crippen MR) is 83.3 cm³/mol. The van der Waals surface area contributed by atoms with Gasteiger partial charge in [0.25, 0.3) is 0 Å². The Labute approximate surface area is 122 Å². The summed E-state index contributed by atoms with van der Waals surface area (Å²) in [5.74, 6) is 0. The van der Waals surface area contributed by atoms with Crippen LogP contribution in [-0.2, 0) is 9.31 Å². The first-order valence-corrected chi connectivity index (χ1v) is 7.32. The predicted octanol–water partition coefficient (Wildman–Crippen LogP) is 2.59. The number of aromatic nitrogens is 1. The van der Waals surface area contributed by atoms with Crippen LogP contribution in [0.4, 0.5) is 5.69 Å². The first kappa shape index (κ1) is 15.3. The minimum atomic E-state index is -0.355. The van der Waals surface area contributed by atoms with Gasteiger partial charge in [0.2, 0.25) is 0 Å². The highest BCUT2D eigenvalue weighted by Crippen LogP contribution is 2.36. The fraction of sp³-hybridized carbons (Fsp3) is 0.667. The molecule has 1 atom stereocenters. The molecule has 4 nitrogen and oxygen atoms in total. The molecular formula is C15H25BN2O2. The summed E-state index contributed by atoms with van der Waals surface area (Å²) in [5.41, 5.74) is 1.32. The van der Waals surface area contributed by atoms with Crippen molar-refractivity contribution >= 4 is 18.3 Å². The van der Waals surface area contributed by atoms with Gasteiger partial charge in [0, 0.05) is 23.9 Å². The molecule has 0 spiro atoms. The minimum Gasteiger partial charge on any atom is -0.399 e. The molecule has 0 bridgehead atoms. The maximum absolute atomic E-state index is 6.05. The zero-order valence-electron chi connectivity index (χ0n) is 13.4. The van der Waals surface area contributed by atoms with Gasteiger partial charge in [0.15, 0.2) is 0 Å². The third-order valence-corrected chi connectivity index (χ3v) is 4.31. The van der Waals surface area contributed by atoms with Crippen LogP contribution in [0.15, 0.2) is 18.5 Å². The fourth-order valence-electron chi connectivity index (χ4n) is 2.03. The van der Waals surface area contributed by atoms with E-state index in [-0.39, 0.29) is 18.3 Å². The molecule has 2 rings (SSSR count). The van der Waals surface area contributed by atoms with E-state index in [0.29, 0.717) is 6.04 Å². The van der Waals surface area contributed by atoms with Crippen molar-refractivity contribution in [2.45, 2.75) is 65.2 Å². The van der Waals surface area contributed by atoms with Crippen molar-refractivity contribution in [3.8, 4) is 0 Å². The van der Waals surface area contributed by atoms with E-state index < -0.39 is 0 Å². The van der Waals surface area contributed by atoms with Crippen molar-refractivity contribution < 1.29 is 9.31 Å². The second-order valence-corrected chi connectivity index (χ2v) is 6.55. The standard InChI is InChI=1S/C15H25BN2O2/c1-7-11(2)18-13-8-12(9-17-10-13)16-19-14(3,4)15(5,6)20-16/h8-11,18H,7H2,1-6H3. The Balaban J connectivity index is 2.17. The summed E-state index contributed by atoms with van der Waals surface area (Å²) in [6, 6.07) is 2.48. The Morgan fingerprint density at radius 2 is 1.80 bits per heavy atom. The normalized spacial score (nSPS) is 21.8. The van der Waals surface area contributed by atoms with Gasteiger partial charge in [-0.15, -0.1) is 0 Å². The van der Waals surface area contributed by atoms with E-state index in [2.05, 4.69) is 57.9 Å². The molecular weight excluding hydrogens is 251 g/mol. The monoisotopic (exact) mass is 276 g/mol. The Hall–Kier alpha value is -1.07. The van der Waals surface area contributed by atoms with Crippen molar-refractivity contribution in [1.82, 2.24) is 4.98 Å². The molecule has 110 valence electrons. The zero-order valence-corrected chi connectivity index (χ0v) is 13.4. The topological polar surface area (TPSA) is 43.4 Å². The number of hydrogen-bond donors (Lipinski definition) is 1. The quantitative estimate of drug-likeness (QED) is 0.858. The minimum absolute atomic E-state index is 0.322. The highest BCUT2D eigenvalue weighted by Gasteiger charge is 2.51. The average Bonchev–Trinajstić information content (AvgIpc) is 2.59. The lowest BCUT2D eigenvalue weighted by atomic mass is 9.80. The van der Waals surface area contributed by atoms with Gasteiger partial charge in [-0.25, -0.2) is 0 Å². The molecule has 1 saturated heterocycles. The summed E-state index contributed by atoms with van der Waals surface area (Å²) >= 11 is 0. The molecule has 2 heterocycles. The number of nitrogens with one attached hydrogen (secondary N) is 1. The van der Waals surface area contributed by atoms with Crippen molar-refractivity contribution in [3.63, 3.8) is 0 Å². The van der Waals surface area contributed by atoms with Gasteiger partial charge in [-0.05, 0) is 47.1 Å². The highest BCUT2D eigenvalue weighted by atomic mass is 16.7. The molecule has 0 aromatic carbocycles. The van der Waals surface area contributed by atoms with E-state index in [1.54, 1.807) is 0 Å².